The van der Waals surface area contributed by atoms with Gasteiger partial charge in [-0.25, -0.2) is 0 Å². The maximum atomic E-state index is 9.82. The fraction of sp³-hybridized carbons (Fsp3) is 0.333. The van der Waals surface area contributed by atoms with Gasteiger partial charge in [-0.2, -0.15) is 0 Å². The fourth-order valence-electron chi connectivity index (χ4n) is 2.61. The molecule has 0 bridgehead atoms. The molecule has 1 saturated heterocycles. The second-order valence-electron chi connectivity index (χ2n) is 5.35. The van der Waals surface area contributed by atoms with Gasteiger partial charge in [0.1, 0.15) is 12.4 Å². The Kier molecular flexibility index (Phi) is 4.53. The van der Waals surface area contributed by atoms with E-state index < -0.39 is 0 Å². The Morgan fingerprint density at radius 1 is 1.05 bits per heavy atom. The topological polar surface area (TPSA) is 38.7 Å². The summed E-state index contributed by atoms with van der Waals surface area (Å²) in [6.07, 6.45) is 0.974. The minimum absolute atomic E-state index is 0.0827. The van der Waals surface area contributed by atoms with Crippen molar-refractivity contribution >= 4 is 0 Å². The van der Waals surface area contributed by atoms with Crippen LogP contribution in [0.1, 0.15) is 30.1 Å². The molecule has 110 valence electrons. The lowest BCUT2D eigenvalue weighted by atomic mass is 9.98. The first-order valence-corrected chi connectivity index (χ1v) is 7.38. The Labute approximate surface area is 125 Å². The van der Waals surface area contributed by atoms with Gasteiger partial charge in [-0.3, -0.25) is 0 Å². The number of rotatable bonds is 4. The maximum Gasteiger partial charge on any atom is 0.125 e. The highest BCUT2D eigenvalue weighted by atomic mass is 16.5. The molecule has 21 heavy (non-hydrogen) atoms. The lowest BCUT2D eigenvalue weighted by Gasteiger charge is -2.28. The first-order valence-electron chi connectivity index (χ1n) is 7.38. The van der Waals surface area contributed by atoms with E-state index in [2.05, 4.69) is 0 Å². The predicted molar refractivity (Wildman–Crippen MR) is 81.1 cm³/mol. The average Bonchev–Trinajstić information content (AvgIpc) is 2.54. The zero-order chi connectivity index (χ0) is 14.5. The van der Waals surface area contributed by atoms with E-state index in [1.807, 2.05) is 54.6 Å². The summed E-state index contributed by atoms with van der Waals surface area (Å²) in [5.74, 6) is 0.834. The van der Waals surface area contributed by atoms with E-state index in [1.54, 1.807) is 0 Å². The highest BCUT2D eigenvalue weighted by Gasteiger charge is 2.24. The molecule has 3 heteroatoms. The molecule has 1 N–H and O–H groups in total. The number of aliphatic hydroxyl groups excluding tert-OH is 1. The van der Waals surface area contributed by atoms with Crippen molar-refractivity contribution in [2.45, 2.75) is 31.7 Å². The van der Waals surface area contributed by atoms with Gasteiger partial charge in [-0.05, 0) is 18.1 Å². The molecule has 0 amide bonds. The fourth-order valence-corrected chi connectivity index (χ4v) is 2.61. The Balaban J connectivity index is 1.73. The zero-order valence-corrected chi connectivity index (χ0v) is 11.9. The average molecular weight is 284 g/mol. The Morgan fingerprint density at radius 2 is 1.81 bits per heavy atom. The molecule has 1 fully saturated rings. The summed E-state index contributed by atoms with van der Waals surface area (Å²) >= 11 is 0. The van der Waals surface area contributed by atoms with E-state index in [-0.39, 0.29) is 12.2 Å². The van der Waals surface area contributed by atoms with Crippen LogP contribution in [0.4, 0.5) is 0 Å². The Morgan fingerprint density at radius 3 is 2.62 bits per heavy atom. The van der Waals surface area contributed by atoms with Crippen molar-refractivity contribution in [2.75, 3.05) is 6.61 Å². The normalized spacial score (nSPS) is 22.0. The molecule has 0 saturated carbocycles. The van der Waals surface area contributed by atoms with Crippen LogP contribution in [-0.2, 0) is 11.3 Å². The molecule has 0 radical (unpaired) electrons. The summed E-state index contributed by atoms with van der Waals surface area (Å²) in [6.45, 7) is 1.13. The van der Waals surface area contributed by atoms with Crippen LogP contribution in [0, 0.1) is 0 Å². The Hall–Kier alpha value is -1.84. The van der Waals surface area contributed by atoms with E-state index in [4.69, 9.17) is 9.47 Å². The van der Waals surface area contributed by atoms with Crippen LogP contribution in [0.5, 0.6) is 5.75 Å². The number of hydrogen-bond donors (Lipinski definition) is 1. The number of benzene rings is 2. The van der Waals surface area contributed by atoms with Crippen molar-refractivity contribution < 1.29 is 14.6 Å². The van der Waals surface area contributed by atoms with Gasteiger partial charge in [-0.15, -0.1) is 0 Å². The molecule has 3 nitrogen and oxygen atoms in total. The molecule has 1 aliphatic heterocycles. The van der Waals surface area contributed by atoms with Gasteiger partial charge in [0.05, 0.1) is 12.2 Å². The highest BCUT2D eigenvalue weighted by molar-refractivity contribution is 5.35. The number of para-hydroxylation sites is 1. The summed E-state index contributed by atoms with van der Waals surface area (Å²) < 4.78 is 11.7. The van der Waals surface area contributed by atoms with Crippen molar-refractivity contribution in [3.63, 3.8) is 0 Å². The summed E-state index contributed by atoms with van der Waals surface area (Å²) in [5, 5.41) is 9.82. The number of hydrogen-bond acceptors (Lipinski definition) is 3. The minimum atomic E-state index is -0.286. The molecule has 2 unspecified atom stereocenters. The zero-order valence-electron chi connectivity index (χ0n) is 11.9. The first-order chi connectivity index (χ1) is 10.3. The van der Waals surface area contributed by atoms with Crippen LogP contribution < -0.4 is 4.74 Å². The van der Waals surface area contributed by atoms with E-state index in [9.17, 15) is 5.11 Å². The molecule has 1 aliphatic rings. The third-order valence-corrected chi connectivity index (χ3v) is 3.76. The van der Waals surface area contributed by atoms with Crippen molar-refractivity contribution in [1.29, 1.82) is 0 Å². The molecule has 2 aromatic carbocycles. The quantitative estimate of drug-likeness (QED) is 0.934. The predicted octanol–water partition coefficient (Wildman–Crippen LogP) is 3.48. The second kappa shape index (κ2) is 6.74. The van der Waals surface area contributed by atoms with E-state index in [1.165, 1.54) is 0 Å². The van der Waals surface area contributed by atoms with Crippen LogP contribution in [0.15, 0.2) is 54.6 Å². The maximum absolute atomic E-state index is 9.82. The highest BCUT2D eigenvalue weighted by Crippen LogP contribution is 2.34. The lowest BCUT2D eigenvalue weighted by Crippen LogP contribution is -2.23. The summed E-state index contributed by atoms with van der Waals surface area (Å²) in [7, 11) is 0. The smallest absolute Gasteiger partial charge is 0.125 e. The van der Waals surface area contributed by atoms with Crippen LogP contribution in [0.3, 0.4) is 0 Å². The Bertz CT molecular complexity index is 568. The van der Waals surface area contributed by atoms with E-state index >= 15 is 0 Å². The van der Waals surface area contributed by atoms with Gasteiger partial charge in [0.15, 0.2) is 0 Å². The summed E-state index contributed by atoms with van der Waals surface area (Å²) in [5.41, 5.74) is 2.16. The van der Waals surface area contributed by atoms with Crippen molar-refractivity contribution in [3.05, 3.63) is 65.7 Å². The van der Waals surface area contributed by atoms with Crippen LogP contribution >= 0.6 is 0 Å². The molecule has 2 atom stereocenters. The summed E-state index contributed by atoms with van der Waals surface area (Å²) in [4.78, 5) is 0. The lowest BCUT2D eigenvalue weighted by molar-refractivity contribution is -0.0458. The molecule has 0 spiro atoms. The summed E-state index contributed by atoms with van der Waals surface area (Å²) in [6, 6.07) is 18.0. The minimum Gasteiger partial charge on any atom is -0.489 e. The van der Waals surface area contributed by atoms with Crippen LogP contribution in [0.25, 0.3) is 0 Å². The molecular weight excluding hydrogens is 264 g/mol. The largest absolute Gasteiger partial charge is 0.489 e. The molecule has 1 heterocycles. The number of aliphatic hydroxyl groups is 1. The van der Waals surface area contributed by atoms with Gasteiger partial charge < -0.3 is 14.6 Å². The van der Waals surface area contributed by atoms with Gasteiger partial charge in [0.25, 0.3) is 0 Å². The van der Waals surface area contributed by atoms with E-state index in [0.717, 1.165) is 16.9 Å². The molecule has 3 rings (SSSR count). The molecule has 0 aliphatic carbocycles. The second-order valence-corrected chi connectivity index (χ2v) is 5.35. The van der Waals surface area contributed by atoms with Crippen molar-refractivity contribution in [2.24, 2.45) is 0 Å². The molecular formula is C18H20O3. The number of ether oxygens (including phenoxy) is 2. The molecule has 0 aromatic heterocycles. The van der Waals surface area contributed by atoms with Crippen molar-refractivity contribution in [3.8, 4) is 5.75 Å². The monoisotopic (exact) mass is 284 g/mol. The van der Waals surface area contributed by atoms with Crippen molar-refractivity contribution in [1.82, 2.24) is 0 Å². The first kappa shape index (κ1) is 14.1. The van der Waals surface area contributed by atoms with Gasteiger partial charge in [-0.1, -0.05) is 48.5 Å². The molecule has 2 aromatic rings. The van der Waals surface area contributed by atoms with Crippen LogP contribution in [-0.4, -0.2) is 17.8 Å². The van der Waals surface area contributed by atoms with Gasteiger partial charge >= 0.3 is 0 Å². The SMILES string of the molecule is OC1CCOC(c2ccccc2OCc2ccccc2)C1. The van der Waals surface area contributed by atoms with E-state index in [0.29, 0.717) is 26.1 Å². The van der Waals surface area contributed by atoms with Gasteiger partial charge in [0.2, 0.25) is 0 Å². The van der Waals surface area contributed by atoms with Crippen LogP contribution in [0.2, 0.25) is 0 Å². The standard InChI is InChI=1S/C18H20O3/c19-15-10-11-20-18(12-15)16-8-4-5-9-17(16)21-13-14-6-2-1-3-7-14/h1-9,15,18-19H,10-13H2. The van der Waals surface area contributed by atoms with Gasteiger partial charge in [0, 0.05) is 18.6 Å². The third-order valence-electron chi connectivity index (χ3n) is 3.76. The third kappa shape index (κ3) is 3.63.